The van der Waals surface area contributed by atoms with Crippen molar-refractivity contribution in [3.8, 4) is 22.8 Å². The third-order valence-corrected chi connectivity index (χ3v) is 5.41. The predicted molar refractivity (Wildman–Crippen MR) is 122 cm³/mol. The highest BCUT2D eigenvalue weighted by molar-refractivity contribution is 7.14. The number of anilines is 1. The average Bonchev–Trinajstić information content (AvgIpc) is 3.21. The average molecular weight is 458 g/mol. The minimum Gasteiger partial charge on any atom is -0.493 e. The standard InChI is InChI=1S/C22H23N3O6S/c1-13-5-6-15(14(2)9-13)17-12-32-22(23-17)24-21(26)16-10-19(30-4)20(31-8-7-29-3)11-18(16)25(27)28/h5-6,9-12H,7-8H2,1-4H3,(H,23,24,26). The summed E-state index contributed by atoms with van der Waals surface area (Å²) in [6, 6.07) is 8.48. The van der Waals surface area contributed by atoms with Gasteiger partial charge in [0.05, 0.1) is 30.4 Å². The summed E-state index contributed by atoms with van der Waals surface area (Å²) >= 11 is 1.24. The molecule has 0 spiro atoms. The first kappa shape index (κ1) is 23.2. The number of hydrogen-bond acceptors (Lipinski definition) is 8. The molecule has 0 aliphatic rings. The molecule has 32 heavy (non-hydrogen) atoms. The Balaban J connectivity index is 1.87. The molecule has 168 valence electrons. The van der Waals surface area contributed by atoms with Gasteiger partial charge in [0.2, 0.25) is 0 Å². The van der Waals surface area contributed by atoms with E-state index in [1.165, 1.54) is 37.7 Å². The van der Waals surface area contributed by atoms with E-state index in [0.717, 1.165) is 22.4 Å². The molecule has 2 aromatic carbocycles. The zero-order valence-corrected chi connectivity index (χ0v) is 18.9. The van der Waals surface area contributed by atoms with Crippen molar-refractivity contribution in [3.63, 3.8) is 0 Å². The lowest BCUT2D eigenvalue weighted by molar-refractivity contribution is -0.385. The topological polar surface area (TPSA) is 113 Å². The van der Waals surface area contributed by atoms with E-state index in [0.29, 0.717) is 11.7 Å². The van der Waals surface area contributed by atoms with Crippen LogP contribution in [0.4, 0.5) is 10.8 Å². The number of nitro groups is 1. The van der Waals surface area contributed by atoms with Crippen LogP contribution in [0.5, 0.6) is 11.5 Å². The zero-order valence-electron chi connectivity index (χ0n) is 18.1. The lowest BCUT2D eigenvalue weighted by Crippen LogP contribution is -2.15. The maximum absolute atomic E-state index is 12.9. The first-order valence-electron chi connectivity index (χ1n) is 9.66. The maximum atomic E-state index is 12.9. The fourth-order valence-corrected chi connectivity index (χ4v) is 3.82. The number of benzene rings is 2. The number of carbonyl (C=O) groups is 1. The molecule has 0 bridgehead atoms. The highest BCUT2D eigenvalue weighted by Crippen LogP contribution is 2.35. The molecular formula is C22H23N3O6S. The summed E-state index contributed by atoms with van der Waals surface area (Å²) in [6.07, 6.45) is 0. The van der Waals surface area contributed by atoms with Crippen molar-refractivity contribution in [2.45, 2.75) is 13.8 Å². The Morgan fingerprint density at radius 3 is 2.59 bits per heavy atom. The van der Waals surface area contributed by atoms with Crippen LogP contribution < -0.4 is 14.8 Å². The number of nitro benzene ring substituents is 1. The number of thiazole rings is 1. The highest BCUT2D eigenvalue weighted by atomic mass is 32.1. The fourth-order valence-electron chi connectivity index (χ4n) is 3.11. The molecule has 0 atom stereocenters. The second kappa shape index (κ2) is 10.2. The van der Waals surface area contributed by atoms with Crippen LogP contribution in [0, 0.1) is 24.0 Å². The second-order valence-electron chi connectivity index (χ2n) is 6.93. The number of rotatable bonds is 9. The van der Waals surface area contributed by atoms with Crippen LogP contribution in [-0.2, 0) is 4.74 Å². The van der Waals surface area contributed by atoms with E-state index in [1.54, 1.807) is 0 Å². The van der Waals surface area contributed by atoms with Crippen molar-refractivity contribution in [2.75, 3.05) is 32.8 Å². The normalized spacial score (nSPS) is 10.6. The summed E-state index contributed by atoms with van der Waals surface area (Å²) in [5.41, 5.74) is 3.33. The Labute approximate surface area is 189 Å². The molecule has 1 N–H and O–H groups in total. The van der Waals surface area contributed by atoms with Gasteiger partial charge in [-0.3, -0.25) is 20.2 Å². The first-order valence-corrected chi connectivity index (χ1v) is 10.5. The number of aromatic nitrogens is 1. The minimum absolute atomic E-state index is 0.152. The number of ether oxygens (including phenoxy) is 3. The fraction of sp³-hybridized carbons (Fsp3) is 0.273. The molecule has 1 aromatic heterocycles. The van der Waals surface area contributed by atoms with Gasteiger partial charge in [-0.25, -0.2) is 4.98 Å². The molecule has 0 aliphatic carbocycles. The van der Waals surface area contributed by atoms with Gasteiger partial charge >= 0.3 is 0 Å². The van der Waals surface area contributed by atoms with Crippen molar-refractivity contribution in [1.82, 2.24) is 4.98 Å². The number of hydrogen-bond donors (Lipinski definition) is 1. The van der Waals surface area contributed by atoms with Crippen LogP contribution in [-0.4, -0.2) is 43.2 Å². The van der Waals surface area contributed by atoms with Crippen LogP contribution in [0.25, 0.3) is 11.3 Å². The van der Waals surface area contributed by atoms with Gasteiger partial charge in [-0.05, 0) is 19.4 Å². The smallest absolute Gasteiger partial charge is 0.286 e. The van der Waals surface area contributed by atoms with Gasteiger partial charge in [0.1, 0.15) is 12.2 Å². The Hall–Kier alpha value is -3.50. The first-order chi connectivity index (χ1) is 15.3. The third-order valence-electron chi connectivity index (χ3n) is 4.65. The zero-order chi connectivity index (χ0) is 23.3. The molecule has 0 saturated carbocycles. The largest absolute Gasteiger partial charge is 0.493 e. The molecule has 0 unspecified atom stereocenters. The van der Waals surface area contributed by atoms with Crippen LogP contribution in [0.1, 0.15) is 21.5 Å². The monoisotopic (exact) mass is 457 g/mol. The number of aryl methyl sites for hydroxylation is 2. The molecule has 0 radical (unpaired) electrons. The number of amides is 1. The molecule has 3 aromatic rings. The summed E-state index contributed by atoms with van der Waals surface area (Å²) in [4.78, 5) is 28.3. The molecule has 1 amide bonds. The molecule has 1 heterocycles. The van der Waals surface area contributed by atoms with E-state index in [1.807, 2.05) is 31.4 Å². The second-order valence-corrected chi connectivity index (χ2v) is 7.79. The third kappa shape index (κ3) is 5.21. The molecule has 10 heteroatoms. The Kier molecular flexibility index (Phi) is 7.39. The quantitative estimate of drug-likeness (QED) is 0.283. The summed E-state index contributed by atoms with van der Waals surface area (Å²) in [5, 5.41) is 16.4. The van der Waals surface area contributed by atoms with Crippen molar-refractivity contribution in [1.29, 1.82) is 0 Å². The lowest BCUT2D eigenvalue weighted by Gasteiger charge is -2.12. The number of nitrogens with zero attached hydrogens (tertiary/aromatic N) is 2. The molecule has 9 nitrogen and oxygen atoms in total. The summed E-state index contributed by atoms with van der Waals surface area (Å²) in [6.45, 7) is 4.48. The van der Waals surface area contributed by atoms with Crippen molar-refractivity contribution < 1.29 is 23.9 Å². The minimum atomic E-state index is -0.667. The molecule has 0 aliphatic heterocycles. The van der Waals surface area contributed by atoms with E-state index in [-0.39, 0.29) is 23.7 Å². The van der Waals surface area contributed by atoms with E-state index in [9.17, 15) is 14.9 Å². The summed E-state index contributed by atoms with van der Waals surface area (Å²) < 4.78 is 15.7. The van der Waals surface area contributed by atoms with Crippen molar-refractivity contribution >= 4 is 28.1 Å². The van der Waals surface area contributed by atoms with E-state index < -0.39 is 16.5 Å². The molecule has 0 fully saturated rings. The van der Waals surface area contributed by atoms with Crippen LogP contribution in [0.2, 0.25) is 0 Å². The number of methoxy groups -OCH3 is 2. The Morgan fingerprint density at radius 2 is 1.94 bits per heavy atom. The van der Waals surface area contributed by atoms with Crippen molar-refractivity contribution in [3.05, 3.63) is 62.5 Å². The van der Waals surface area contributed by atoms with Gasteiger partial charge < -0.3 is 14.2 Å². The number of carbonyl (C=O) groups excluding carboxylic acids is 1. The van der Waals surface area contributed by atoms with Crippen LogP contribution >= 0.6 is 11.3 Å². The molecule has 0 saturated heterocycles. The molecule has 3 rings (SSSR count). The molecular weight excluding hydrogens is 434 g/mol. The number of nitrogens with one attached hydrogen (secondary N) is 1. The van der Waals surface area contributed by atoms with Gasteiger partial charge in [0.15, 0.2) is 16.6 Å². The highest BCUT2D eigenvalue weighted by Gasteiger charge is 2.25. The van der Waals surface area contributed by atoms with E-state index >= 15 is 0 Å². The predicted octanol–water partition coefficient (Wildman–Crippen LogP) is 4.62. The Morgan fingerprint density at radius 1 is 1.16 bits per heavy atom. The van der Waals surface area contributed by atoms with Gasteiger partial charge in [-0.15, -0.1) is 11.3 Å². The van der Waals surface area contributed by atoms with Gasteiger partial charge in [-0.1, -0.05) is 23.8 Å². The van der Waals surface area contributed by atoms with Crippen LogP contribution in [0.3, 0.4) is 0 Å². The van der Waals surface area contributed by atoms with E-state index in [2.05, 4.69) is 16.4 Å². The Bertz CT molecular complexity index is 1140. The SMILES string of the molecule is COCCOc1cc([N+](=O)[O-])c(C(=O)Nc2nc(-c3ccc(C)cc3C)cs2)cc1OC. The summed E-state index contributed by atoms with van der Waals surface area (Å²) in [5.74, 6) is -0.314. The van der Waals surface area contributed by atoms with Gasteiger partial charge in [-0.2, -0.15) is 0 Å². The van der Waals surface area contributed by atoms with Gasteiger partial charge in [0, 0.05) is 24.1 Å². The van der Waals surface area contributed by atoms with Crippen LogP contribution in [0.15, 0.2) is 35.7 Å². The maximum Gasteiger partial charge on any atom is 0.286 e. The van der Waals surface area contributed by atoms with Gasteiger partial charge in [0.25, 0.3) is 11.6 Å². The summed E-state index contributed by atoms with van der Waals surface area (Å²) in [7, 11) is 2.91. The lowest BCUT2D eigenvalue weighted by atomic mass is 10.0. The van der Waals surface area contributed by atoms with E-state index in [4.69, 9.17) is 14.2 Å². The van der Waals surface area contributed by atoms with Crippen molar-refractivity contribution in [2.24, 2.45) is 0 Å².